The molecule has 1 fully saturated rings. The van der Waals surface area contributed by atoms with Crippen LogP contribution in [0.5, 0.6) is 5.75 Å². The Hall–Kier alpha value is -1.84. The molecule has 3 nitrogen and oxygen atoms in total. The maximum atomic E-state index is 12.2. The standard InChI is InChI=1S/C23H31NO2/c1-17-11-13-19(14-12-17)23(25)20(16-24(2)3)8-6-10-22(23)18-7-5-9-21(15-18)26-4/h5,7,9,11-15,20,22,25H,6,8,10,16H2,1-4H3. The van der Waals surface area contributed by atoms with Crippen LogP contribution < -0.4 is 4.74 Å². The molecule has 1 saturated carbocycles. The van der Waals surface area contributed by atoms with Crippen LogP contribution in [0.3, 0.4) is 0 Å². The van der Waals surface area contributed by atoms with Crippen molar-refractivity contribution in [1.82, 2.24) is 4.90 Å². The van der Waals surface area contributed by atoms with Crippen molar-refractivity contribution in [3.8, 4) is 5.75 Å². The van der Waals surface area contributed by atoms with Gasteiger partial charge in [0.25, 0.3) is 0 Å². The zero-order valence-electron chi connectivity index (χ0n) is 16.4. The van der Waals surface area contributed by atoms with E-state index in [4.69, 9.17) is 4.74 Å². The van der Waals surface area contributed by atoms with E-state index in [-0.39, 0.29) is 11.8 Å². The van der Waals surface area contributed by atoms with Gasteiger partial charge < -0.3 is 14.7 Å². The highest BCUT2D eigenvalue weighted by atomic mass is 16.5. The normalized spacial score (nSPS) is 26.1. The van der Waals surface area contributed by atoms with E-state index in [0.29, 0.717) is 0 Å². The first-order chi connectivity index (χ1) is 12.4. The second-order valence-corrected chi connectivity index (χ2v) is 7.91. The molecule has 0 amide bonds. The summed E-state index contributed by atoms with van der Waals surface area (Å²) in [5.74, 6) is 1.12. The molecule has 3 unspecified atom stereocenters. The van der Waals surface area contributed by atoms with Gasteiger partial charge in [-0.3, -0.25) is 0 Å². The summed E-state index contributed by atoms with van der Waals surface area (Å²) in [7, 11) is 5.87. The second-order valence-electron chi connectivity index (χ2n) is 7.91. The van der Waals surface area contributed by atoms with Gasteiger partial charge in [0, 0.05) is 18.4 Å². The Morgan fingerprint density at radius 3 is 2.50 bits per heavy atom. The second kappa shape index (κ2) is 7.81. The Labute approximate surface area is 157 Å². The third-order valence-corrected chi connectivity index (χ3v) is 5.79. The summed E-state index contributed by atoms with van der Waals surface area (Å²) in [6.07, 6.45) is 3.17. The van der Waals surface area contributed by atoms with Crippen molar-refractivity contribution in [1.29, 1.82) is 0 Å². The lowest BCUT2D eigenvalue weighted by atomic mass is 9.62. The molecule has 0 aliphatic heterocycles. The third kappa shape index (κ3) is 3.65. The largest absolute Gasteiger partial charge is 0.497 e. The van der Waals surface area contributed by atoms with E-state index < -0.39 is 5.60 Å². The summed E-state index contributed by atoms with van der Waals surface area (Å²) in [4.78, 5) is 2.19. The molecule has 2 aromatic carbocycles. The lowest BCUT2D eigenvalue weighted by molar-refractivity contribution is -0.0803. The molecule has 1 aliphatic rings. The Morgan fingerprint density at radius 2 is 1.85 bits per heavy atom. The predicted molar refractivity (Wildman–Crippen MR) is 107 cm³/mol. The number of hydrogen-bond donors (Lipinski definition) is 1. The zero-order valence-corrected chi connectivity index (χ0v) is 16.4. The number of aryl methyl sites for hydroxylation is 1. The van der Waals surface area contributed by atoms with Crippen LogP contribution in [0.2, 0.25) is 0 Å². The van der Waals surface area contributed by atoms with Gasteiger partial charge in [-0.05, 0) is 57.1 Å². The van der Waals surface area contributed by atoms with Crippen molar-refractivity contribution in [2.24, 2.45) is 5.92 Å². The maximum Gasteiger partial charge on any atom is 0.119 e. The first-order valence-electron chi connectivity index (χ1n) is 9.53. The molecule has 26 heavy (non-hydrogen) atoms. The average Bonchev–Trinajstić information content (AvgIpc) is 2.63. The van der Waals surface area contributed by atoms with Gasteiger partial charge in [-0.25, -0.2) is 0 Å². The summed E-state index contributed by atoms with van der Waals surface area (Å²) in [5.41, 5.74) is 2.54. The monoisotopic (exact) mass is 353 g/mol. The number of benzene rings is 2. The smallest absolute Gasteiger partial charge is 0.119 e. The first kappa shape index (κ1) is 18.9. The highest BCUT2D eigenvalue weighted by Crippen LogP contribution is 2.51. The molecular formula is C23H31NO2. The highest BCUT2D eigenvalue weighted by Gasteiger charge is 2.48. The quantitative estimate of drug-likeness (QED) is 0.868. The Morgan fingerprint density at radius 1 is 1.12 bits per heavy atom. The molecule has 1 N–H and O–H groups in total. The van der Waals surface area contributed by atoms with Crippen molar-refractivity contribution < 1.29 is 9.84 Å². The molecule has 3 rings (SSSR count). The van der Waals surface area contributed by atoms with Gasteiger partial charge in [0.05, 0.1) is 7.11 Å². The number of nitrogens with zero attached hydrogens (tertiary/aromatic N) is 1. The number of ether oxygens (including phenoxy) is 1. The van der Waals surface area contributed by atoms with Crippen LogP contribution in [-0.4, -0.2) is 37.8 Å². The maximum absolute atomic E-state index is 12.2. The van der Waals surface area contributed by atoms with Crippen molar-refractivity contribution >= 4 is 0 Å². The lowest BCUT2D eigenvalue weighted by Gasteiger charge is -2.47. The number of aliphatic hydroxyl groups is 1. The SMILES string of the molecule is COc1cccc(C2CCCC(CN(C)C)C2(O)c2ccc(C)cc2)c1. The first-order valence-corrected chi connectivity index (χ1v) is 9.53. The van der Waals surface area contributed by atoms with Gasteiger partial charge in [0.2, 0.25) is 0 Å². The molecular weight excluding hydrogens is 322 g/mol. The van der Waals surface area contributed by atoms with Crippen LogP contribution in [0.1, 0.15) is 41.9 Å². The highest BCUT2D eigenvalue weighted by molar-refractivity contribution is 5.38. The zero-order chi connectivity index (χ0) is 18.7. The molecule has 3 heteroatoms. The lowest BCUT2D eigenvalue weighted by Crippen LogP contribution is -2.47. The van der Waals surface area contributed by atoms with Crippen LogP contribution in [-0.2, 0) is 5.60 Å². The Kier molecular flexibility index (Phi) is 5.69. The summed E-state index contributed by atoms with van der Waals surface area (Å²) in [6, 6.07) is 16.6. The van der Waals surface area contributed by atoms with Crippen molar-refractivity contribution in [2.75, 3.05) is 27.7 Å². The third-order valence-electron chi connectivity index (χ3n) is 5.79. The molecule has 0 heterocycles. The summed E-state index contributed by atoms with van der Waals surface area (Å²) in [5, 5.41) is 12.2. The van der Waals surface area contributed by atoms with E-state index >= 15 is 0 Å². The Bertz CT molecular complexity index is 725. The fourth-order valence-corrected chi connectivity index (χ4v) is 4.50. The van der Waals surface area contributed by atoms with Crippen molar-refractivity contribution in [2.45, 2.75) is 37.7 Å². The Balaban J connectivity index is 2.09. The van der Waals surface area contributed by atoms with Gasteiger partial charge in [-0.2, -0.15) is 0 Å². The molecule has 0 radical (unpaired) electrons. The van der Waals surface area contributed by atoms with E-state index in [1.54, 1.807) is 7.11 Å². The molecule has 0 aromatic heterocycles. The van der Waals surface area contributed by atoms with E-state index in [9.17, 15) is 5.11 Å². The predicted octanol–water partition coefficient (Wildman–Crippen LogP) is 4.34. The van der Waals surface area contributed by atoms with Crippen LogP contribution in [0.15, 0.2) is 48.5 Å². The average molecular weight is 354 g/mol. The number of hydrogen-bond acceptors (Lipinski definition) is 3. The van der Waals surface area contributed by atoms with Gasteiger partial charge in [-0.15, -0.1) is 0 Å². The minimum absolute atomic E-state index is 0.0685. The number of rotatable bonds is 5. The van der Waals surface area contributed by atoms with Gasteiger partial charge in [0.15, 0.2) is 0 Å². The summed E-state index contributed by atoms with van der Waals surface area (Å²) < 4.78 is 5.44. The van der Waals surface area contributed by atoms with Crippen LogP contribution in [0, 0.1) is 12.8 Å². The molecule has 140 valence electrons. The van der Waals surface area contributed by atoms with Crippen LogP contribution in [0.25, 0.3) is 0 Å². The molecule has 0 saturated heterocycles. The van der Waals surface area contributed by atoms with Crippen molar-refractivity contribution in [3.05, 3.63) is 65.2 Å². The van der Waals surface area contributed by atoms with E-state index in [2.05, 4.69) is 62.3 Å². The number of methoxy groups -OCH3 is 1. The van der Waals surface area contributed by atoms with Gasteiger partial charge in [-0.1, -0.05) is 48.4 Å². The molecule has 1 aliphatic carbocycles. The van der Waals surface area contributed by atoms with Gasteiger partial charge in [0.1, 0.15) is 11.4 Å². The minimum Gasteiger partial charge on any atom is -0.497 e. The molecule has 3 atom stereocenters. The molecule has 0 spiro atoms. The molecule has 2 aromatic rings. The summed E-state index contributed by atoms with van der Waals surface area (Å²) in [6.45, 7) is 2.97. The fourth-order valence-electron chi connectivity index (χ4n) is 4.50. The topological polar surface area (TPSA) is 32.7 Å². The van der Waals surface area contributed by atoms with Gasteiger partial charge >= 0.3 is 0 Å². The van der Waals surface area contributed by atoms with Crippen LogP contribution >= 0.6 is 0 Å². The van der Waals surface area contributed by atoms with E-state index in [0.717, 1.165) is 42.7 Å². The van der Waals surface area contributed by atoms with E-state index in [1.807, 2.05) is 12.1 Å². The summed E-state index contributed by atoms with van der Waals surface area (Å²) >= 11 is 0. The fraction of sp³-hybridized carbons (Fsp3) is 0.478. The van der Waals surface area contributed by atoms with Crippen LogP contribution in [0.4, 0.5) is 0 Å². The molecule has 0 bridgehead atoms. The van der Waals surface area contributed by atoms with Crippen molar-refractivity contribution in [3.63, 3.8) is 0 Å². The minimum atomic E-state index is -0.872. The van der Waals surface area contributed by atoms with E-state index in [1.165, 1.54) is 5.56 Å².